The number of fused-ring (bicyclic) bond motifs is 1. The molecular weight excluding hydrogens is 350 g/mol. The highest BCUT2D eigenvalue weighted by molar-refractivity contribution is 5.81. The molecule has 0 aliphatic heterocycles. The van der Waals surface area contributed by atoms with Gasteiger partial charge in [0.2, 0.25) is 5.91 Å². The maximum atomic E-state index is 12.6. The van der Waals surface area contributed by atoms with Gasteiger partial charge in [0.05, 0.1) is 17.6 Å². The van der Waals surface area contributed by atoms with E-state index in [0.717, 1.165) is 34.4 Å². The van der Waals surface area contributed by atoms with Crippen molar-refractivity contribution in [1.82, 2.24) is 24.6 Å². The Morgan fingerprint density at radius 1 is 1.04 bits per heavy atom. The topological polar surface area (TPSA) is 64.7 Å². The van der Waals surface area contributed by atoms with Crippen LogP contribution in [0.4, 0.5) is 0 Å². The number of rotatable bonds is 7. The smallest absolute Gasteiger partial charge is 0.240 e. The minimum atomic E-state index is -0.0215. The highest BCUT2D eigenvalue weighted by Gasteiger charge is 2.12. The van der Waals surface area contributed by atoms with Gasteiger partial charge in [-0.3, -0.25) is 9.48 Å². The molecule has 0 unspecified atom stereocenters. The summed E-state index contributed by atoms with van der Waals surface area (Å²) in [4.78, 5) is 17.3. The standard InChI is InChI=1S/C22H23N5O/c1-2-21-25-19-10-5-6-11-20(19)27(21)16-22(28)23-14-17-8-3-4-9-18(17)15-26-13-7-12-24-26/h3-13H,2,14-16H2,1H3,(H,23,28). The molecule has 0 radical (unpaired) electrons. The molecule has 28 heavy (non-hydrogen) atoms. The van der Waals surface area contributed by atoms with Crippen LogP contribution in [0.2, 0.25) is 0 Å². The van der Waals surface area contributed by atoms with Gasteiger partial charge < -0.3 is 9.88 Å². The summed E-state index contributed by atoms with van der Waals surface area (Å²) in [5.74, 6) is 0.905. The number of benzene rings is 2. The first-order chi connectivity index (χ1) is 13.7. The zero-order valence-electron chi connectivity index (χ0n) is 15.9. The van der Waals surface area contributed by atoms with Gasteiger partial charge in [-0.15, -0.1) is 0 Å². The van der Waals surface area contributed by atoms with Gasteiger partial charge in [0.15, 0.2) is 0 Å². The van der Waals surface area contributed by atoms with E-state index in [-0.39, 0.29) is 12.5 Å². The Kier molecular flexibility index (Phi) is 5.19. The Bertz CT molecular complexity index is 1080. The zero-order chi connectivity index (χ0) is 19.3. The van der Waals surface area contributed by atoms with E-state index < -0.39 is 0 Å². The molecule has 1 amide bonds. The second-order valence-electron chi connectivity index (χ2n) is 6.71. The third-order valence-corrected chi connectivity index (χ3v) is 4.84. The molecule has 0 saturated heterocycles. The first-order valence-corrected chi connectivity index (χ1v) is 9.49. The average Bonchev–Trinajstić information content (AvgIpc) is 3.35. The van der Waals surface area contributed by atoms with E-state index in [0.29, 0.717) is 13.1 Å². The van der Waals surface area contributed by atoms with Crippen LogP contribution in [-0.4, -0.2) is 25.2 Å². The van der Waals surface area contributed by atoms with Crippen LogP contribution in [0.25, 0.3) is 11.0 Å². The summed E-state index contributed by atoms with van der Waals surface area (Å²) in [5, 5.41) is 7.32. The van der Waals surface area contributed by atoms with Crippen molar-refractivity contribution in [3.63, 3.8) is 0 Å². The molecule has 6 heteroatoms. The summed E-state index contributed by atoms with van der Waals surface area (Å²) in [6.45, 7) is 3.50. The second-order valence-corrected chi connectivity index (χ2v) is 6.71. The van der Waals surface area contributed by atoms with E-state index in [9.17, 15) is 4.79 Å². The summed E-state index contributed by atoms with van der Waals surface area (Å²) in [5.41, 5.74) is 4.16. The number of hydrogen-bond acceptors (Lipinski definition) is 3. The zero-order valence-corrected chi connectivity index (χ0v) is 15.9. The number of nitrogens with one attached hydrogen (secondary N) is 1. The van der Waals surface area contributed by atoms with Crippen LogP contribution in [-0.2, 0) is 30.8 Å². The van der Waals surface area contributed by atoms with E-state index in [1.807, 2.05) is 64.0 Å². The molecule has 1 N–H and O–H groups in total. The number of carbonyl (C=O) groups excluding carboxylic acids is 1. The van der Waals surface area contributed by atoms with Crippen molar-refractivity contribution in [3.8, 4) is 0 Å². The fourth-order valence-corrected chi connectivity index (χ4v) is 3.42. The summed E-state index contributed by atoms with van der Waals surface area (Å²) < 4.78 is 3.88. The SMILES string of the molecule is CCc1nc2ccccc2n1CC(=O)NCc1ccccc1Cn1cccn1. The van der Waals surface area contributed by atoms with Crippen LogP contribution in [0, 0.1) is 0 Å². The molecule has 0 atom stereocenters. The number of aromatic nitrogens is 4. The summed E-state index contributed by atoms with van der Waals surface area (Å²) >= 11 is 0. The van der Waals surface area contributed by atoms with Gasteiger partial charge in [-0.25, -0.2) is 4.98 Å². The maximum Gasteiger partial charge on any atom is 0.240 e. The lowest BCUT2D eigenvalue weighted by molar-refractivity contribution is -0.121. The molecule has 0 spiro atoms. The molecule has 2 heterocycles. The van der Waals surface area contributed by atoms with Gasteiger partial charge in [-0.1, -0.05) is 43.3 Å². The Balaban J connectivity index is 1.46. The number of carbonyl (C=O) groups is 1. The van der Waals surface area contributed by atoms with E-state index in [1.165, 1.54) is 0 Å². The van der Waals surface area contributed by atoms with Crippen LogP contribution >= 0.6 is 0 Å². The number of hydrogen-bond donors (Lipinski definition) is 1. The lowest BCUT2D eigenvalue weighted by atomic mass is 10.1. The van der Waals surface area contributed by atoms with Gasteiger partial charge in [0.25, 0.3) is 0 Å². The lowest BCUT2D eigenvalue weighted by Gasteiger charge is -2.12. The Morgan fingerprint density at radius 2 is 1.82 bits per heavy atom. The maximum absolute atomic E-state index is 12.6. The quantitative estimate of drug-likeness (QED) is 0.541. The molecular formula is C22H23N5O. The third kappa shape index (κ3) is 3.81. The van der Waals surface area contributed by atoms with E-state index in [4.69, 9.17) is 0 Å². The predicted octanol–water partition coefficient (Wildman–Crippen LogP) is 3.16. The van der Waals surface area contributed by atoms with Gasteiger partial charge in [0.1, 0.15) is 12.4 Å². The fraction of sp³-hybridized carbons (Fsp3) is 0.227. The predicted molar refractivity (Wildman–Crippen MR) is 109 cm³/mol. The van der Waals surface area contributed by atoms with Gasteiger partial charge in [0, 0.05) is 25.4 Å². The fourth-order valence-electron chi connectivity index (χ4n) is 3.42. The van der Waals surface area contributed by atoms with Gasteiger partial charge in [-0.05, 0) is 29.3 Å². The molecule has 2 aromatic carbocycles. The highest BCUT2D eigenvalue weighted by Crippen LogP contribution is 2.16. The van der Waals surface area contributed by atoms with E-state index in [1.54, 1.807) is 6.20 Å². The summed E-state index contributed by atoms with van der Waals surface area (Å²) in [6, 6.07) is 18.0. The second kappa shape index (κ2) is 8.08. The lowest BCUT2D eigenvalue weighted by Crippen LogP contribution is -2.28. The van der Waals surface area contributed by atoms with Crippen molar-refractivity contribution in [2.45, 2.75) is 33.0 Å². The number of nitrogens with zero attached hydrogens (tertiary/aromatic N) is 4. The Morgan fingerprint density at radius 3 is 2.61 bits per heavy atom. The van der Waals surface area contributed by atoms with E-state index >= 15 is 0 Å². The summed E-state index contributed by atoms with van der Waals surface area (Å²) in [7, 11) is 0. The van der Waals surface area contributed by atoms with Crippen molar-refractivity contribution >= 4 is 16.9 Å². The number of amides is 1. The molecule has 0 bridgehead atoms. The molecule has 6 nitrogen and oxygen atoms in total. The monoisotopic (exact) mass is 373 g/mol. The first-order valence-electron chi connectivity index (χ1n) is 9.49. The van der Waals surface area contributed by atoms with Gasteiger partial charge in [-0.2, -0.15) is 5.10 Å². The highest BCUT2D eigenvalue weighted by atomic mass is 16.1. The Labute approximate surface area is 163 Å². The van der Waals surface area contributed by atoms with Crippen molar-refractivity contribution in [2.75, 3.05) is 0 Å². The Hall–Kier alpha value is -3.41. The van der Waals surface area contributed by atoms with Crippen LogP contribution in [0.5, 0.6) is 0 Å². The molecule has 0 aliphatic carbocycles. The van der Waals surface area contributed by atoms with Crippen molar-refractivity contribution < 1.29 is 4.79 Å². The first kappa shape index (κ1) is 18.0. The third-order valence-electron chi connectivity index (χ3n) is 4.84. The molecule has 0 aliphatic rings. The van der Waals surface area contributed by atoms with Crippen molar-refractivity contribution in [3.05, 3.63) is 83.9 Å². The van der Waals surface area contributed by atoms with Crippen molar-refractivity contribution in [1.29, 1.82) is 0 Å². The molecule has 4 rings (SSSR count). The van der Waals surface area contributed by atoms with Crippen LogP contribution in [0.1, 0.15) is 23.9 Å². The number of para-hydroxylation sites is 2. The minimum absolute atomic E-state index is 0.0215. The van der Waals surface area contributed by atoms with Crippen LogP contribution < -0.4 is 5.32 Å². The largest absolute Gasteiger partial charge is 0.350 e. The average molecular weight is 373 g/mol. The number of imidazole rings is 1. The van der Waals surface area contributed by atoms with Crippen LogP contribution in [0.15, 0.2) is 67.0 Å². The summed E-state index contributed by atoms with van der Waals surface area (Å²) in [6.07, 6.45) is 4.49. The molecule has 0 saturated carbocycles. The van der Waals surface area contributed by atoms with Crippen LogP contribution in [0.3, 0.4) is 0 Å². The molecule has 0 fully saturated rings. The molecule has 142 valence electrons. The van der Waals surface area contributed by atoms with Gasteiger partial charge >= 0.3 is 0 Å². The molecule has 4 aromatic rings. The normalized spacial score (nSPS) is 11.0. The van der Waals surface area contributed by atoms with E-state index in [2.05, 4.69) is 28.4 Å². The number of aryl methyl sites for hydroxylation is 1. The minimum Gasteiger partial charge on any atom is -0.350 e. The molecule has 2 aromatic heterocycles. The van der Waals surface area contributed by atoms with Crippen molar-refractivity contribution in [2.24, 2.45) is 0 Å².